The first-order chi connectivity index (χ1) is 17.1. The Morgan fingerprint density at radius 1 is 1.06 bits per heavy atom. The summed E-state index contributed by atoms with van der Waals surface area (Å²) in [6, 6.07) is 20.5. The number of rotatable bonds is 5. The van der Waals surface area contributed by atoms with Gasteiger partial charge in [0.2, 0.25) is 0 Å². The Balaban J connectivity index is 1.73. The van der Waals surface area contributed by atoms with Gasteiger partial charge in [-0.25, -0.2) is 13.2 Å². The van der Waals surface area contributed by atoms with Crippen molar-refractivity contribution in [3.05, 3.63) is 101 Å². The van der Waals surface area contributed by atoms with Crippen LogP contribution >= 0.6 is 0 Å². The number of likely N-dealkylation sites (tertiary alicyclic amines) is 1. The lowest BCUT2D eigenvalue weighted by molar-refractivity contribution is -0.129. The Hall–Kier alpha value is -3.78. The summed E-state index contributed by atoms with van der Waals surface area (Å²) in [6.07, 6.45) is 4.53. The van der Waals surface area contributed by atoms with Gasteiger partial charge in [0.05, 0.1) is 28.6 Å². The van der Waals surface area contributed by atoms with Crippen molar-refractivity contribution >= 4 is 27.7 Å². The highest BCUT2D eigenvalue weighted by atomic mass is 32.2. The number of aromatic nitrogens is 1. The summed E-state index contributed by atoms with van der Waals surface area (Å²) in [5.74, 6) is -0.0857. The molecule has 1 N–H and O–H groups in total. The van der Waals surface area contributed by atoms with E-state index in [4.69, 9.17) is 0 Å². The zero-order valence-electron chi connectivity index (χ0n) is 20.5. The van der Waals surface area contributed by atoms with Crippen molar-refractivity contribution in [3.8, 4) is 0 Å². The van der Waals surface area contributed by atoms with Crippen molar-refractivity contribution in [2.75, 3.05) is 12.8 Å². The van der Waals surface area contributed by atoms with Gasteiger partial charge < -0.3 is 10.2 Å². The zero-order chi connectivity index (χ0) is 25.9. The third kappa shape index (κ3) is 5.39. The SMILES string of the molecule is CC1(C)C(=O)/C(=C\c2ccccn2)CN(C(=O)NCc2ccccc2)C1c1ccc(S(C)(=O)=O)cc1. The van der Waals surface area contributed by atoms with E-state index in [9.17, 15) is 18.0 Å². The molecule has 2 heterocycles. The number of hydrogen-bond acceptors (Lipinski definition) is 5. The van der Waals surface area contributed by atoms with Crippen LogP contribution in [0.4, 0.5) is 4.79 Å². The normalized spacial score (nSPS) is 18.8. The van der Waals surface area contributed by atoms with Crippen molar-refractivity contribution in [3.63, 3.8) is 0 Å². The molecule has 1 aliphatic rings. The summed E-state index contributed by atoms with van der Waals surface area (Å²) in [5, 5.41) is 2.98. The van der Waals surface area contributed by atoms with E-state index in [0.717, 1.165) is 11.8 Å². The number of nitrogens with zero attached hydrogens (tertiary/aromatic N) is 2. The molecule has 1 aromatic heterocycles. The van der Waals surface area contributed by atoms with Gasteiger partial charge in [-0.15, -0.1) is 0 Å². The fraction of sp³-hybridized carbons (Fsp3) is 0.250. The number of sulfone groups is 1. The van der Waals surface area contributed by atoms with Crippen LogP contribution in [0.1, 0.15) is 36.7 Å². The lowest BCUT2D eigenvalue weighted by Crippen LogP contribution is -2.54. The molecule has 1 atom stereocenters. The maximum Gasteiger partial charge on any atom is 0.318 e. The molecule has 0 bridgehead atoms. The van der Waals surface area contributed by atoms with Crippen LogP contribution in [0.5, 0.6) is 0 Å². The second-order valence-corrected chi connectivity index (χ2v) is 11.5. The molecule has 4 rings (SSSR count). The summed E-state index contributed by atoms with van der Waals surface area (Å²) in [5.41, 5.74) is 1.79. The van der Waals surface area contributed by atoms with E-state index >= 15 is 0 Å². The highest BCUT2D eigenvalue weighted by molar-refractivity contribution is 7.90. The Kier molecular flexibility index (Phi) is 7.08. The molecule has 1 aliphatic heterocycles. The summed E-state index contributed by atoms with van der Waals surface area (Å²) < 4.78 is 23.9. The molecule has 3 aromatic rings. The molecule has 2 amide bonds. The number of ketones is 1. The first-order valence-corrected chi connectivity index (χ1v) is 13.5. The van der Waals surface area contributed by atoms with Gasteiger partial charge in [0.25, 0.3) is 0 Å². The molecular formula is C28H29N3O4S. The molecule has 8 heteroatoms. The minimum absolute atomic E-state index is 0.0857. The van der Waals surface area contributed by atoms with Gasteiger partial charge in [-0.1, -0.05) is 62.4 Å². The molecule has 186 valence electrons. The van der Waals surface area contributed by atoms with Crippen molar-refractivity contribution in [2.24, 2.45) is 5.41 Å². The standard InChI is InChI=1S/C28H29N3O4S/c1-28(2)25(21-12-14-24(15-13-21)36(3,34)35)31(27(33)30-18-20-9-5-4-6-10-20)19-22(26(28)32)17-23-11-7-8-16-29-23/h4-17,25H,18-19H2,1-3H3,(H,30,33)/b22-17-. The molecule has 1 unspecified atom stereocenters. The van der Waals surface area contributed by atoms with E-state index in [-0.39, 0.29) is 23.3 Å². The van der Waals surface area contributed by atoms with Crippen molar-refractivity contribution in [2.45, 2.75) is 31.3 Å². The van der Waals surface area contributed by atoms with Gasteiger partial charge in [0, 0.05) is 24.6 Å². The predicted octanol–water partition coefficient (Wildman–Crippen LogP) is 4.43. The number of urea groups is 1. The smallest absolute Gasteiger partial charge is 0.318 e. The van der Waals surface area contributed by atoms with E-state index in [1.807, 2.05) is 56.3 Å². The summed E-state index contributed by atoms with van der Waals surface area (Å²) in [7, 11) is -3.38. The first kappa shape index (κ1) is 25.3. The van der Waals surface area contributed by atoms with Crippen LogP contribution < -0.4 is 5.32 Å². The minimum Gasteiger partial charge on any atom is -0.334 e. The number of piperidine rings is 1. The molecule has 7 nitrogen and oxygen atoms in total. The Labute approximate surface area is 211 Å². The van der Waals surface area contributed by atoms with Crippen LogP contribution in [0.15, 0.2) is 89.5 Å². The van der Waals surface area contributed by atoms with Gasteiger partial charge in [0.15, 0.2) is 15.6 Å². The van der Waals surface area contributed by atoms with Crippen LogP contribution in [0.3, 0.4) is 0 Å². The molecule has 2 aromatic carbocycles. The van der Waals surface area contributed by atoms with E-state index in [1.54, 1.807) is 35.4 Å². The van der Waals surface area contributed by atoms with E-state index < -0.39 is 21.3 Å². The number of benzene rings is 2. The number of hydrogen-bond donors (Lipinski definition) is 1. The Morgan fingerprint density at radius 2 is 1.72 bits per heavy atom. The van der Waals surface area contributed by atoms with Gasteiger partial charge in [-0.3, -0.25) is 9.78 Å². The average Bonchev–Trinajstić information content (AvgIpc) is 2.86. The second kappa shape index (κ2) is 10.1. The molecule has 36 heavy (non-hydrogen) atoms. The zero-order valence-corrected chi connectivity index (χ0v) is 21.3. The summed E-state index contributed by atoms with van der Waals surface area (Å²) in [4.78, 5) is 33.3. The minimum atomic E-state index is -3.38. The van der Waals surface area contributed by atoms with Crippen LogP contribution in [0.2, 0.25) is 0 Å². The fourth-order valence-corrected chi connectivity index (χ4v) is 5.21. The van der Waals surface area contributed by atoms with Gasteiger partial charge in [-0.2, -0.15) is 0 Å². The number of Topliss-reactive ketones (excluding diaryl/α,β-unsaturated/α-hetero) is 1. The largest absolute Gasteiger partial charge is 0.334 e. The second-order valence-electron chi connectivity index (χ2n) is 9.49. The maximum atomic E-state index is 13.7. The fourth-order valence-electron chi connectivity index (χ4n) is 4.58. The number of carbonyl (C=O) groups is 2. The lowest BCUT2D eigenvalue weighted by Gasteiger charge is -2.46. The molecule has 0 radical (unpaired) electrons. The van der Waals surface area contributed by atoms with E-state index in [1.165, 1.54) is 12.1 Å². The maximum absolute atomic E-state index is 13.7. The average molecular weight is 504 g/mol. The van der Waals surface area contributed by atoms with Gasteiger partial charge >= 0.3 is 6.03 Å². The van der Waals surface area contributed by atoms with Crippen molar-refractivity contribution in [1.29, 1.82) is 0 Å². The van der Waals surface area contributed by atoms with Gasteiger partial charge in [0.1, 0.15) is 0 Å². The topological polar surface area (TPSA) is 96.4 Å². The number of pyridine rings is 1. The van der Waals surface area contributed by atoms with Crippen molar-refractivity contribution < 1.29 is 18.0 Å². The van der Waals surface area contributed by atoms with Crippen LogP contribution in [0.25, 0.3) is 6.08 Å². The number of carbonyl (C=O) groups excluding carboxylic acids is 2. The predicted molar refractivity (Wildman–Crippen MR) is 139 cm³/mol. The molecule has 1 saturated heterocycles. The van der Waals surface area contributed by atoms with Crippen LogP contribution in [-0.2, 0) is 21.2 Å². The first-order valence-electron chi connectivity index (χ1n) is 11.6. The monoisotopic (exact) mass is 503 g/mol. The Morgan fingerprint density at radius 3 is 2.33 bits per heavy atom. The van der Waals surface area contributed by atoms with Crippen LogP contribution in [0, 0.1) is 5.41 Å². The quantitative estimate of drug-likeness (QED) is 0.520. The molecular weight excluding hydrogens is 474 g/mol. The van der Waals surface area contributed by atoms with E-state index in [2.05, 4.69) is 10.3 Å². The Bertz CT molecular complexity index is 1380. The van der Waals surface area contributed by atoms with Gasteiger partial charge in [-0.05, 0) is 41.5 Å². The molecule has 0 aliphatic carbocycles. The highest BCUT2D eigenvalue weighted by Gasteiger charge is 2.48. The van der Waals surface area contributed by atoms with Crippen molar-refractivity contribution in [1.82, 2.24) is 15.2 Å². The third-order valence-electron chi connectivity index (χ3n) is 6.39. The molecule has 0 saturated carbocycles. The van der Waals surface area contributed by atoms with E-state index in [0.29, 0.717) is 23.4 Å². The summed E-state index contributed by atoms with van der Waals surface area (Å²) >= 11 is 0. The third-order valence-corrected chi connectivity index (χ3v) is 7.52. The number of nitrogens with one attached hydrogen (secondary N) is 1. The number of amides is 2. The molecule has 1 fully saturated rings. The molecule has 0 spiro atoms. The van der Waals surface area contributed by atoms with Crippen LogP contribution in [-0.4, -0.2) is 42.9 Å². The highest BCUT2D eigenvalue weighted by Crippen LogP contribution is 2.45. The summed E-state index contributed by atoms with van der Waals surface area (Å²) in [6.45, 7) is 4.06. The lowest BCUT2D eigenvalue weighted by atomic mass is 9.70.